The number of benzene rings is 1. The first-order valence-corrected chi connectivity index (χ1v) is 9.24. The lowest BCUT2D eigenvalue weighted by Crippen LogP contribution is -2.40. The molecule has 3 rings (SSSR count). The van der Waals surface area contributed by atoms with Gasteiger partial charge in [-0.3, -0.25) is 9.69 Å². The first-order chi connectivity index (χ1) is 13.1. The van der Waals surface area contributed by atoms with Crippen molar-refractivity contribution < 1.29 is 24.0 Å². The lowest BCUT2D eigenvalue weighted by molar-refractivity contribution is -0.141. The van der Waals surface area contributed by atoms with E-state index in [9.17, 15) is 14.4 Å². The average molecular weight is 387 g/mol. The third-order valence-corrected chi connectivity index (χ3v) is 4.58. The molecule has 1 aromatic rings. The summed E-state index contributed by atoms with van der Waals surface area (Å²) in [6.45, 7) is 8.99. The molecular weight excluding hydrogens is 362 g/mol. The molecule has 8 heteroatoms. The first-order valence-electron chi connectivity index (χ1n) is 9.24. The molecule has 2 aliphatic heterocycles. The predicted octanol–water partition coefficient (Wildman–Crippen LogP) is 2.51. The van der Waals surface area contributed by atoms with Crippen LogP contribution in [0.2, 0.25) is 0 Å². The molecule has 0 saturated carbocycles. The third-order valence-electron chi connectivity index (χ3n) is 4.58. The maximum atomic E-state index is 12.6. The number of rotatable bonds is 3. The molecule has 2 heterocycles. The van der Waals surface area contributed by atoms with Crippen LogP contribution in [0.15, 0.2) is 23.4 Å². The summed E-state index contributed by atoms with van der Waals surface area (Å²) in [4.78, 5) is 42.4. The highest BCUT2D eigenvalue weighted by Crippen LogP contribution is 2.36. The SMILES string of the molecule is CC(=O)NCC1=NOC(=O)C1c1ccc2c(c1)CC(C)N2C(=O)OC(C)(C)C. The molecule has 1 aromatic carbocycles. The number of amides is 2. The van der Waals surface area contributed by atoms with Gasteiger partial charge >= 0.3 is 12.1 Å². The Morgan fingerprint density at radius 3 is 2.71 bits per heavy atom. The van der Waals surface area contributed by atoms with Crippen LogP contribution in [0.5, 0.6) is 0 Å². The van der Waals surface area contributed by atoms with E-state index in [4.69, 9.17) is 9.57 Å². The zero-order valence-electron chi connectivity index (χ0n) is 16.7. The van der Waals surface area contributed by atoms with E-state index < -0.39 is 17.5 Å². The fourth-order valence-electron chi connectivity index (χ4n) is 3.44. The van der Waals surface area contributed by atoms with E-state index in [1.165, 1.54) is 6.92 Å². The van der Waals surface area contributed by atoms with Crippen LogP contribution in [-0.4, -0.2) is 41.9 Å². The molecule has 28 heavy (non-hydrogen) atoms. The second-order valence-corrected chi connectivity index (χ2v) is 8.13. The Kier molecular flexibility index (Phi) is 5.14. The number of nitrogens with zero attached hydrogens (tertiary/aromatic N) is 2. The summed E-state index contributed by atoms with van der Waals surface area (Å²) in [5.74, 6) is -1.35. The van der Waals surface area contributed by atoms with E-state index in [0.29, 0.717) is 12.1 Å². The van der Waals surface area contributed by atoms with Crippen LogP contribution in [0.3, 0.4) is 0 Å². The Morgan fingerprint density at radius 1 is 1.36 bits per heavy atom. The highest BCUT2D eigenvalue weighted by atomic mass is 16.7. The average Bonchev–Trinajstić information content (AvgIpc) is 3.09. The Labute approximate surface area is 163 Å². The van der Waals surface area contributed by atoms with Crippen LogP contribution >= 0.6 is 0 Å². The molecule has 2 atom stereocenters. The molecule has 2 amide bonds. The second-order valence-electron chi connectivity index (χ2n) is 8.13. The van der Waals surface area contributed by atoms with Crippen molar-refractivity contribution >= 4 is 29.4 Å². The quantitative estimate of drug-likeness (QED) is 0.804. The number of ether oxygens (including phenoxy) is 1. The highest BCUT2D eigenvalue weighted by Gasteiger charge is 2.38. The van der Waals surface area contributed by atoms with Gasteiger partial charge in [0.15, 0.2) is 0 Å². The van der Waals surface area contributed by atoms with Crippen molar-refractivity contribution in [2.75, 3.05) is 11.4 Å². The van der Waals surface area contributed by atoms with Crippen LogP contribution in [0.25, 0.3) is 0 Å². The molecule has 150 valence electrons. The maximum Gasteiger partial charge on any atom is 0.415 e. The number of carbonyl (C=O) groups excluding carboxylic acids is 3. The Hall–Kier alpha value is -2.90. The van der Waals surface area contributed by atoms with Crippen LogP contribution in [-0.2, 0) is 25.6 Å². The first kappa shape index (κ1) is 19.9. The van der Waals surface area contributed by atoms with Crippen molar-refractivity contribution in [3.8, 4) is 0 Å². The van der Waals surface area contributed by atoms with Crippen LogP contribution < -0.4 is 10.2 Å². The van der Waals surface area contributed by atoms with Gasteiger partial charge in [-0.15, -0.1) is 0 Å². The number of anilines is 1. The second kappa shape index (κ2) is 7.26. The van der Waals surface area contributed by atoms with E-state index in [2.05, 4.69) is 10.5 Å². The molecule has 0 saturated heterocycles. The summed E-state index contributed by atoms with van der Waals surface area (Å²) in [7, 11) is 0. The van der Waals surface area contributed by atoms with Gasteiger partial charge in [-0.1, -0.05) is 17.3 Å². The monoisotopic (exact) mass is 387 g/mol. The number of hydrogen-bond acceptors (Lipinski definition) is 6. The van der Waals surface area contributed by atoms with Gasteiger partial charge in [0.1, 0.15) is 11.5 Å². The van der Waals surface area contributed by atoms with Crippen LogP contribution in [0.4, 0.5) is 10.5 Å². The summed E-state index contributed by atoms with van der Waals surface area (Å²) >= 11 is 0. The summed E-state index contributed by atoms with van der Waals surface area (Å²) in [5, 5.41) is 6.45. The Morgan fingerprint density at radius 2 is 2.07 bits per heavy atom. The number of nitrogens with one attached hydrogen (secondary N) is 1. The fourth-order valence-corrected chi connectivity index (χ4v) is 3.44. The molecule has 0 aromatic heterocycles. The molecule has 2 aliphatic rings. The van der Waals surface area contributed by atoms with Gasteiger partial charge in [0.05, 0.1) is 17.9 Å². The number of oxime groups is 1. The van der Waals surface area contributed by atoms with Crippen molar-refractivity contribution in [1.82, 2.24) is 5.32 Å². The van der Waals surface area contributed by atoms with E-state index in [-0.39, 0.29) is 24.6 Å². The van der Waals surface area contributed by atoms with Crippen molar-refractivity contribution in [3.05, 3.63) is 29.3 Å². The zero-order chi connectivity index (χ0) is 20.6. The van der Waals surface area contributed by atoms with Crippen molar-refractivity contribution in [2.24, 2.45) is 5.16 Å². The Bertz CT molecular complexity index is 856. The summed E-state index contributed by atoms with van der Waals surface area (Å²) in [6.07, 6.45) is 0.266. The van der Waals surface area contributed by atoms with Crippen molar-refractivity contribution in [3.63, 3.8) is 0 Å². The molecule has 0 bridgehead atoms. The Balaban J connectivity index is 1.85. The number of fused-ring (bicyclic) bond motifs is 1. The van der Waals surface area contributed by atoms with E-state index >= 15 is 0 Å². The van der Waals surface area contributed by atoms with Gasteiger partial charge in [0.2, 0.25) is 5.91 Å². The number of carbonyl (C=O) groups is 3. The molecule has 8 nitrogen and oxygen atoms in total. The molecule has 2 unspecified atom stereocenters. The number of hydrogen-bond donors (Lipinski definition) is 1. The van der Waals surface area contributed by atoms with Crippen LogP contribution in [0, 0.1) is 0 Å². The minimum atomic E-state index is -0.664. The lowest BCUT2D eigenvalue weighted by atomic mass is 9.92. The predicted molar refractivity (Wildman–Crippen MR) is 103 cm³/mol. The third kappa shape index (κ3) is 4.00. The van der Waals surface area contributed by atoms with Gasteiger partial charge in [-0.2, -0.15) is 0 Å². The van der Waals surface area contributed by atoms with Gasteiger partial charge in [-0.25, -0.2) is 9.59 Å². The minimum absolute atomic E-state index is 0.0526. The van der Waals surface area contributed by atoms with Crippen molar-refractivity contribution in [1.29, 1.82) is 0 Å². The van der Waals surface area contributed by atoms with Crippen LogP contribution in [0.1, 0.15) is 51.7 Å². The minimum Gasteiger partial charge on any atom is -0.443 e. The highest BCUT2D eigenvalue weighted by molar-refractivity contribution is 6.11. The zero-order valence-corrected chi connectivity index (χ0v) is 16.7. The van der Waals surface area contributed by atoms with Gasteiger partial charge in [0, 0.05) is 13.0 Å². The fraction of sp³-hybridized carbons (Fsp3) is 0.500. The molecule has 0 radical (unpaired) electrons. The molecule has 0 aliphatic carbocycles. The van der Waals surface area contributed by atoms with Gasteiger partial charge in [0.25, 0.3) is 0 Å². The van der Waals surface area contributed by atoms with E-state index in [1.54, 1.807) is 11.0 Å². The van der Waals surface area contributed by atoms with Gasteiger partial charge in [-0.05, 0) is 51.3 Å². The normalized spacial score (nSPS) is 21.1. The molecule has 0 spiro atoms. The summed E-state index contributed by atoms with van der Waals surface area (Å²) in [5.41, 5.74) is 2.33. The van der Waals surface area contributed by atoms with Gasteiger partial charge < -0.3 is 14.9 Å². The topological polar surface area (TPSA) is 97.3 Å². The molecule has 0 fully saturated rings. The largest absolute Gasteiger partial charge is 0.443 e. The summed E-state index contributed by atoms with van der Waals surface area (Å²) in [6, 6.07) is 5.45. The van der Waals surface area contributed by atoms with E-state index in [0.717, 1.165) is 16.8 Å². The smallest absolute Gasteiger partial charge is 0.415 e. The maximum absolute atomic E-state index is 12.6. The lowest BCUT2D eigenvalue weighted by Gasteiger charge is -2.27. The summed E-state index contributed by atoms with van der Waals surface area (Å²) < 4.78 is 5.52. The standard InChI is InChI=1S/C20H25N3O5/c1-11-8-14-9-13(17-15(10-21-12(2)24)22-28-18(17)25)6-7-16(14)23(11)19(26)27-20(3,4)5/h6-7,9,11,17H,8,10H2,1-5H3,(H,21,24). The molecular formula is C20H25N3O5. The van der Waals surface area contributed by atoms with E-state index in [1.807, 2.05) is 39.8 Å². The molecule has 1 N–H and O–H groups in total. The van der Waals surface area contributed by atoms with Crippen molar-refractivity contribution in [2.45, 2.75) is 58.6 Å².